The van der Waals surface area contributed by atoms with Crippen LogP contribution in [0.5, 0.6) is 0 Å². The minimum Gasteiger partial charge on any atom is -0.350 e. The number of fused-ring (bicyclic) bond motifs is 1. The second kappa shape index (κ2) is 11.3. The molecule has 0 unspecified atom stereocenters. The standard InChI is InChI=1S/C29H27F3N6O4S/c1-5-24(39)36-13-14-37(17(2)16-36)27-18-15-21(32)26(25-19(30)9-8-10-20(25)31)33-28(18)38(29(40)34-27)22-11-6-7-12-23(22)43(41,42)35(3)4/h5-12,15,17H,1,13-14,16H2,2-4H3/t17-/m0/s1. The number of carbonyl (C=O) groups excluding carboxylic acids is 1. The summed E-state index contributed by atoms with van der Waals surface area (Å²) in [6.45, 7) is 6.00. The van der Waals surface area contributed by atoms with Crippen molar-refractivity contribution >= 4 is 32.8 Å². The summed E-state index contributed by atoms with van der Waals surface area (Å²) in [5.74, 6) is -3.51. The Labute approximate surface area is 245 Å². The van der Waals surface area contributed by atoms with Gasteiger partial charge in [-0.05, 0) is 43.3 Å². The van der Waals surface area contributed by atoms with Crippen molar-refractivity contribution in [2.24, 2.45) is 0 Å². The van der Waals surface area contributed by atoms with Crippen molar-refractivity contribution in [3.05, 3.63) is 89.1 Å². The molecule has 2 aromatic heterocycles. The number of nitrogens with zero attached hydrogens (tertiary/aromatic N) is 6. The van der Waals surface area contributed by atoms with E-state index < -0.39 is 50.5 Å². The van der Waals surface area contributed by atoms with Gasteiger partial charge < -0.3 is 9.80 Å². The minimum atomic E-state index is -4.11. The van der Waals surface area contributed by atoms with E-state index in [-0.39, 0.29) is 53.0 Å². The molecule has 0 radical (unpaired) electrons. The maximum atomic E-state index is 15.7. The second-order valence-electron chi connectivity index (χ2n) is 10.1. The van der Waals surface area contributed by atoms with Crippen LogP contribution in [-0.2, 0) is 14.8 Å². The lowest BCUT2D eigenvalue weighted by molar-refractivity contribution is -0.126. The van der Waals surface area contributed by atoms with E-state index in [4.69, 9.17) is 0 Å². The van der Waals surface area contributed by atoms with Crippen molar-refractivity contribution in [1.82, 2.24) is 23.7 Å². The van der Waals surface area contributed by atoms with Gasteiger partial charge in [0.1, 0.15) is 28.0 Å². The van der Waals surface area contributed by atoms with Crippen LogP contribution >= 0.6 is 0 Å². The number of hydrogen-bond acceptors (Lipinski definition) is 7. The Bertz CT molecular complexity index is 1930. The van der Waals surface area contributed by atoms with Gasteiger partial charge in [-0.1, -0.05) is 24.8 Å². The van der Waals surface area contributed by atoms with Crippen LogP contribution in [-0.4, -0.2) is 77.8 Å². The monoisotopic (exact) mass is 612 g/mol. The van der Waals surface area contributed by atoms with Crippen LogP contribution < -0.4 is 10.6 Å². The van der Waals surface area contributed by atoms with Gasteiger partial charge in [0.15, 0.2) is 11.5 Å². The Morgan fingerprint density at radius 1 is 1.02 bits per heavy atom. The third kappa shape index (κ3) is 5.16. The Morgan fingerprint density at radius 2 is 1.70 bits per heavy atom. The molecule has 10 nitrogen and oxygen atoms in total. The first kappa shape index (κ1) is 29.9. The van der Waals surface area contributed by atoms with Crippen molar-refractivity contribution in [2.75, 3.05) is 38.6 Å². The Kier molecular flexibility index (Phi) is 7.84. The number of rotatable bonds is 6. The quantitative estimate of drug-likeness (QED) is 0.308. The molecule has 0 saturated carbocycles. The van der Waals surface area contributed by atoms with E-state index in [0.29, 0.717) is 0 Å². The topological polar surface area (TPSA) is 109 Å². The van der Waals surface area contributed by atoms with Gasteiger partial charge in [-0.25, -0.2) is 40.2 Å². The number of aromatic nitrogens is 3. The number of benzene rings is 2. The minimum absolute atomic E-state index is 0.00926. The number of sulfonamides is 1. The fourth-order valence-electron chi connectivity index (χ4n) is 5.10. The van der Waals surface area contributed by atoms with E-state index in [0.717, 1.165) is 33.1 Å². The zero-order chi connectivity index (χ0) is 31.2. The first-order valence-electron chi connectivity index (χ1n) is 13.1. The highest BCUT2D eigenvalue weighted by atomic mass is 32.2. The summed E-state index contributed by atoms with van der Waals surface area (Å²) >= 11 is 0. The smallest absolute Gasteiger partial charge is 0.350 e. The number of halogens is 3. The van der Waals surface area contributed by atoms with Gasteiger partial charge >= 0.3 is 5.69 Å². The highest BCUT2D eigenvalue weighted by molar-refractivity contribution is 7.89. The molecule has 5 rings (SSSR count). The molecule has 0 bridgehead atoms. The third-order valence-electron chi connectivity index (χ3n) is 7.25. The van der Waals surface area contributed by atoms with Gasteiger partial charge in [0.2, 0.25) is 15.9 Å². The van der Waals surface area contributed by atoms with Crippen molar-refractivity contribution < 1.29 is 26.4 Å². The average Bonchev–Trinajstić information content (AvgIpc) is 2.96. The van der Waals surface area contributed by atoms with Crippen molar-refractivity contribution in [2.45, 2.75) is 17.9 Å². The summed E-state index contributed by atoms with van der Waals surface area (Å²) in [7, 11) is -1.48. The van der Waals surface area contributed by atoms with Crippen molar-refractivity contribution in [3.63, 3.8) is 0 Å². The number of pyridine rings is 1. The lowest BCUT2D eigenvalue weighted by atomic mass is 10.1. The van der Waals surface area contributed by atoms with E-state index in [1.54, 1.807) is 16.7 Å². The molecule has 2 aromatic carbocycles. The predicted molar refractivity (Wildman–Crippen MR) is 155 cm³/mol. The van der Waals surface area contributed by atoms with Crippen LogP contribution in [0.4, 0.5) is 19.0 Å². The zero-order valence-electron chi connectivity index (χ0n) is 23.5. The molecular formula is C29H27F3N6O4S. The van der Waals surface area contributed by atoms with Crippen LogP contribution in [0.15, 0.2) is 70.9 Å². The Hall–Kier alpha value is -4.56. The maximum Gasteiger partial charge on any atom is 0.355 e. The van der Waals surface area contributed by atoms with Crippen molar-refractivity contribution in [3.8, 4) is 16.9 Å². The fourth-order valence-corrected chi connectivity index (χ4v) is 6.17. The van der Waals surface area contributed by atoms with Gasteiger partial charge in [0, 0.05) is 39.8 Å². The van der Waals surface area contributed by atoms with Crippen LogP contribution in [0.25, 0.3) is 28.0 Å². The highest BCUT2D eigenvalue weighted by Gasteiger charge is 2.31. The molecular weight excluding hydrogens is 585 g/mol. The summed E-state index contributed by atoms with van der Waals surface area (Å²) in [5, 5.41) is -0.00926. The molecule has 0 spiro atoms. The predicted octanol–water partition coefficient (Wildman–Crippen LogP) is 3.34. The number of piperazine rings is 1. The van der Waals surface area contributed by atoms with E-state index >= 15 is 4.39 Å². The summed E-state index contributed by atoms with van der Waals surface area (Å²) in [6, 6.07) is 9.19. The molecule has 1 amide bonds. The largest absolute Gasteiger partial charge is 0.355 e. The number of amides is 1. The van der Waals surface area contributed by atoms with Crippen molar-refractivity contribution in [1.29, 1.82) is 0 Å². The molecule has 4 aromatic rings. The van der Waals surface area contributed by atoms with E-state index in [9.17, 15) is 26.8 Å². The summed E-state index contributed by atoms with van der Waals surface area (Å²) in [6.07, 6.45) is 1.19. The molecule has 224 valence electrons. The maximum absolute atomic E-state index is 15.7. The number of anilines is 1. The van der Waals surface area contributed by atoms with Crippen LogP contribution in [0.2, 0.25) is 0 Å². The van der Waals surface area contributed by atoms with Crippen LogP contribution in [0.3, 0.4) is 0 Å². The van der Waals surface area contributed by atoms with Gasteiger partial charge in [0.25, 0.3) is 0 Å². The Balaban J connectivity index is 1.84. The highest BCUT2D eigenvalue weighted by Crippen LogP contribution is 2.34. The summed E-state index contributed by atoms with van der Waals surface area (Å²) in [5.41, 5.74) is -2.83. The first-order chi connectivity index (χ1) is 20.4. The lowest BCUT2D eigenvalue weighted by Crippen LogP contribution is -2.54. The molecule has 1 saturated heterocycles. The molecule has 1 aliphatic rings. The van der Waals surface area contributed by atoms with Gasteiger partial charge in [-0.15, -0.1) is 0 Å². The van der Waals surface area contributed by atoms with E-state index in [2.05, 4.69) is 16.5 Å². The van der Waals surface area contributed by atoms with Gasteiger partial charge in [0.05, 0.1) is 16.6 Å². The second-order valence-corrected chi connectivity index (χ2v) is 12.2. The first-order valence-corrected chi connectivity index (χ1v) is 14.6. The average molecular weight is 613 g/mol. The van der Waals surface area contributed by atoms with E-state index in [1.807, 2.05) is 0 Å². The number of carbonyl (C=O) groups is 1. The van der Waals surface area contributed by atoms with Crippen LogP contribution in [0, 0.1) is 17.5 Å². The normalized spacial score (nSPS) is 15.7. The molecule has 43 heavy (non-hydrogen) atoms. The van der Waals surface area contributed by atoms with Gasteiger partial charge in [-0.2, -0.15) is 4.98 Å². The molecule has 0 aliphatic carbocycles. The Morgan fingerprint density at radius 3 is 2.33 bits per heavy atom. The number of para-hydroxylation sites is 1. The molecule has 3 heterocycles. The van der Waals surface area contributed by atoms with E-state index in [1.165, 1.54) is 44.4 Å². The third-order valence-corrected chi connectivity index (χ3v) is 9.11. The molecule has 1 atom stereocenters. The molecule has 1 fully saturated rings. The number of hydrogen-bond donors (Lipinski definition) is 0. The van der Waals surface area contributed by atoms with Crippen LogP contribution in [0.1, 0.15) is 6.92 Å². The molecule has 14 heteroatoms. The SMILES string of the molecule is C=CC(=O)N1CCN(c2nc(=O)n(-c3ccccc3S(=O)(=O)N(C)C)c3nc(-c4c(F)cccc4F)c(F)cc23)[C@@H](C)C1. The fraction of sp³-hybridized carbons (Fsp3) is 0.241. The molecule has 0 N–H and O–H groups in total. The summed E-state index contributed by atoms with van der Waals surface area (Å²) < 4.78 is 73.7. The molecule has 1 aliphatic heterocycles. The zero-order valence-corrected chi connectivity index (χ0v) is 24.3. The lowest BCUT2D eigenvalue weighted by Gasteiger charge is -2.40. The van der Waals surface area contributed by atoms with Gasteiger partial charge in [-0.3, -0.25) is 4.79 Å². The summed E-state index contributed by atoms with van der Waals surface area (Å²) in [4.78, 5) is 37.5.